The van der Waals surface area contributed by atoms with Crippen molar-refractivity contribution in [2.75, 3.05) is 25.1 Å². The summed E-state index contributed by atoms with van der Waals surface area (Å²) in [6, 6.07) is 1.81. The predicted molar refractivity (Wildman–Crippen MR) is 76.0 cm³/mol. The van der Waals surface area contributed by atoms with Crippen molar-refractivity contribution < 1.29 is 14.6 Å². The Balaban J connectivity index is 2.16. The fourth-order valence-corrected chi connectivity index (χ4v) is 2.22. The number of aryl methyl sites for hydroxylation is 1. The van der Waals surface area contributed by atoms with Crippen molar-refractivity contribution in [2.45, 2.75) is 45.3 Å². The molecule has 0 bridgehead atoms. The smallest absolute Gasteiger partial charge is 0.226 e. The van der Waals surface area contributed by atoms with Crippen molar-refractivity contribution in [3.8, 4) is 5.88 Å². The molecule has 1 aliphatic heterocycles. The molecule has 2 rings (SSSR count). The second kappa shape index (κ2) is 6.37. The molecule has 0 unspecified atom stereocenters. The van der Waals surface area contributed by atoms with Gasteiger partial charge >= 0.3 is 0 Å². The molecule has 0 amide bonds. The summed E-state index contributed by atoms with van der Waals surface area (Å²) in [5.74, 6) is 1.05. The van der Waals surface area contributed by atoms with Crippen LogP contribution in [0.3, 0.4) is 0 Å². The lowest BCUT2D eigenvalue weighted by atomic mass is 9.91. The lowest BCUT2D eigenvalue weighted by Gasteiger charge is -2.36. The van der Waals surface area contributed by atoms with E-state index in [0.717, 1.165) is 18.5 Å². The zero-order valence-corrected chi connectivity index (χ0v) is 12.3. The van der Waals surface area contributed by atoms with Crippen LogP contribution in [-0.4, -0.2) is 46.5 Å². The quantitative estimate of drug-likeness (QED) is 0.852. The Morgan fingerprint density at radius 1 is 1.40 bits per heavy atom. The minimum Gasteiger partial charge on any atom is -0.475 e. The van der Waals surface area contributed by atoms with Crippen LogP contribution >= 0.6 is 0 Å². The minimum absolute atomic E-state index is 0.0357. The number of aliphatic hydroxyl groups is 1. The van der Waals surface area contributed by atoms with Crippen LogP contribution in [0.2, 0.25) is 0 Å². The molecule has 1 fully saturated rings. The van der Waals surface area contributed by atoms with Crippen LogP contribution in [0.4, 0.5) is 5.95 Å². The Hall–Kier alpha value is -1.40. The molecule has 0 atom stereocenters. The number of rotatable bonds is 5. The van der Waals surface area contributed by atoms with Crippen LogP contribution in [0.5, 0.6) is 5.88 Å². The molecule has 0 aromatic carbocycles. The van der Waals surface area contributed by atoms with E-state index >= 15 is 0 Å². The zero-order valence-electron chi connectivity index (χ0n) is 12.3. The van der Waals surface area contributed by atoms with E-state index in [1.54, 1.807) is 6.07 Å². The summed E-state index contributed by atoms with van der Waals surface area (Å²) in [5.41, 5.74) is 0.430. The monoisotopic (exact) mass is 281 g/mol. The highest BCUT2D eigenvalue weighted by atomic mass is 16.5. The van der Waals surface area contributed by atoms with Gasteiger partial charge in [0.15, 0.2) is 0 Å². The van der Waals surface area contributed by atoms with Crippen molar-refractivity contribution in [2.24, 2.45) is 0 Å². The Bertz CT molecular complexity index is 445. The van der Waals surface area contributed by atoms with Gasteiger partial charge in [0.1, 0.15) is 0 Å². The van der Waals surface area contributed by atoms with Crippen molar-refractivity contribution in [1.29, 1.82) is 0 Å². The first-order chi connectivity index (χ1) is 9.53. The average Bonchev–Trinajstić information content (AvgIpc) is 2.38. The molecule has 112 valence electrons. The maximum absolute atomic E-state index is 9.68. The highest BCUT2D eigenvalue weighted by molar-refractivity contribution is 5.34. The topological polar surface area (TPSA) is 76.5 Å². The van der Waals surface area contributed by atoms with Gasteiger partial charge in [0.05, 0.1) is 18.2 Å². The van der Waals surface area contributed by atoms with Gasteiger partial charge in [-0.25, -0.2) is 4.98 Å². The summed E-state index contributed by atoms with van der Waals surface area (Å²) in [4.78, 5) is 8.74. The van der Waals surface area contributed by atoms with Gasteiger partial charge in [-0.1, -0.05) is 0 Å². The van der Waals surface area contributed by atoms with Gasteiger partial charge in [0, 0.05) is 25.0 Å². The van der Waals surface area contributed by atoms with Gasteiger partial charge in [-0.2, -0.15) is 4.98 Å². The van der Waals surface area contributed by atoms with Gasteiger partial charge in [-0.05, 0) is 33.6 Å². The molecular formula is C14H23N3O3. The van der Waals surface area contributed by atoms with E-state index in [-0.39, 0.29) is 12.7 Å². The molecule has 0 radical (unpaired) electrons. The SMILES string of the molecule is Cc1cc(OC(C)C)nc(NC2(CO)CCOCC2)n1. The van der Waals surface area contributed by atoms with E-state index in [9.17, 15) is 5.11 Å². The first kappa shape index (κ1) is 15.0. The number of ether oxygens (including phenoxy) is 2. The van der Waals surface area contributed by atoms with Crippen molar-refractivity contribution in [3.63, 3.8) is 0 Å². The van der Waals surface area contributed by atoms with Crippen molar-refractivity contribution >= 4 is 5.95 Å². The fraction of sp³-hybridized carbons (Fsp3) is 0.714. The first-order valence-electron chi connectivity index (χ1n) is 7.02. The molecular weight excluding hydrogens is 258 g/mol. The van der Waals surface area contributed by atoms with Crippen molar-refractivity contribution in [1.82, 2.24) is 9.97 Å². The lowest BCUT2D eigenvalue weighted by molar-refractivity contribution is 0.0376. The number of hydrogen-bond acceptors (Lipinski definition) is 6. The van der Waals surface area contributed by atoms with Gasteiger partial charge < -0.3 is 19.9 Å². The molecule has 1 aromatic rings. The average molecular weight is 281 g/mol. The Morgan fingerprint density at radius 3 is 2.70 bits per heavy atom. The van der Waals surface area contributed by atoms with Crippen LogP contribution in [0.25, 0.3) is 0 Å². The maximum atomic E-state index is 9.68. The normalized spacial score (nSPS) is 18.1. The lowest BCUT2D eigenvalue weighted by Crippen LogP contribution is -2.47. The Kier molecular flexibility index (Phi) is 4.77. The van der Waals surface area contributed by atoms with Gasteiger partial charge in [0.2, 0.25) is 11.8 Å². The molecule has 1 saturated heterocycles. The summed E-state index contributed by atoms with van der Waals surface area (Å²) < 4.78 is 11.0. The highest BCUT2D eigenvalue weighted by Crippen LogP contribution is 2.25. The van der Waals surface area contributed by atoms with E-state index < -0.39 is 5.54 Å². The van der Waals surface area contributed by atoms with Gasteiger partial charge in [-0.15, -0.1) is 0 Å². The molecule has 1 aliphatic rings. The molecule has 6 nitrogen and oxygen atoms in total. The Morgan fingerprint density at radius 2 is 2.10 bits per heavy atom. The number of aliphatic hydroxyl groups excluding tert-OH is 1. The van der Waals surface area contributed by atoms with Crippen LogP contribution in [-0.2, 0) is 4.74 Å². The van der Waals surface area contributed by atoms with Gasteiger partial charge in [0.25, 0.3) is 0 Å². The number of hydrogen-bond donors (Lipinski definition) is 2. The third-order valence-electron chi connectivity index (χ3n) is 3.32. The molecule has 0 spiro atoms. The van der Waals surface area contributed by atoms with E-state index in [4.69, 9.17) is 9.47 Å². The highest BCUT2D eigenvalue weighted by Gasteiger charge is 2.32. The van der Waals surface area contributed by atoms with E-state index in [0.29, 0.717) is 25.0 Å². The number of nitrogens with zero attached hydrogens (tertiary/aromatic N) is 2. The molecule has 0 saturated carbocycles. The molecule has 6 heteroatoms. The summed E-state index contributed by atoms with van der Waals surface area (Å²) in [7, 11) is 0. The van der Waals surface area contributed by atoms with Crippen LogP contribution < -0.4 is 10.1 Å². The summed E-state index contributed by atoms with van der Waals surface area (Å²) >= 11 is 0. The summed E-state index contributed by atoms with van der Waals surface area (Å²) in [6.45, 7) is 7.11. The first-order valence-corrected chi connectivity index (χ1v) is 7.02. The van der Waals surface area contributed by atoms with Crippen molar-refractivity contribution in [3.05, 3.63) is 11.8 Å². The second-order valence-corrected chi connectivity index (χ2v) is 5.51. The van der Waals surface area contributed by atoms with Crippen LogP contribution in [0.15, 0.2) is 6.07 Å². The van der Waals surface area contributed by atoms with E-state index in [1.165, 1.54) is 0 Å². The van der Waals surface area contributed by atoms with Gasteiger partial charge in [-0.3, -0.25) is 0 Å². The summed E-state index contributed by atoms with van der Waals surface area (Å²) in [5, 5.41) is 12.9. The predicted octanol–water partition coefficient (Wildman–Crippen LogP) is 1.53. The standard InChI is InChI=1S/C14H23N3O3/c1-10(2)20-12-8-11(3)15-13(16-12)17-14(9-18)4-6-19-7-5-14/h8,10,18H,4-7,9H2,1-3H3,(H,15,16,17). The number of aromatic nitrogens is 2. The number of nitrogens with one attached hydrogen (secondary N) is 1. The largest absolute Gasteiger partial charge is 0.475 e. The third kappa shape index (κ3) is 3.80. The number of anilines is 1. The second-order valence-electron chi connectivity index (χ2n) is 5.51. The third-order valence-corrected chi connectivity index (χ3v) is 3.32. The van der Waals surface area contributed by atoms with Crippen LogP contribution in [0.1, 0.15) is 32.4 Å². The van der Waals surface area contributed by atoms with E-state index in [1.807, 2.05) is 20.8 Å². The van der Waals surface area contributed by atoms with E-state index in [2.05, 4.69) is 15.3 Å². The molecule has 1 aromatic heterocycles. The molecule has 2 heterocycles. The zero-order chi connectivity index (χ0) is 14.6. The summed E-state index contributed by atoms with van der Waals surface area (Å²) in [6.07, 6.45) is 1.54. The molecule has 0 aliphatic carbocycles. The fourth-order valence-electron chi connectivity index (χ4n) is 2.22. The minimum atomic E-state index is -0.402. The maximum Gasteiger partial charge on any atom is 0.226 e. The Labute approximate surface area is 119 Å². The van der Waals surface area contributed by atoms with Crippen LogP contribution in [0, 0.1) is 6.92 Å². The molecule has 2 N–H and O–H groups in total. The molecule has 20 heavy (non-hydrogen) atoms.